The number of allylic oxidation sites excluding steroid dienone is 2. The van der Waals surface area contributed by atoms with E-state index in [-0.39, 0.29) is 23.7 Å². The maximum Gasteiger partial charge on any atom is 0.338 e. The number of ether oxygens (including phenoxy) is 1. The zero-order valence-corrected chi connectivity index (χ0v) is 19.8. The Morgan fingerprint density at radius 1 is 1.09 bits per heavy atom. The second-order valence-corrected chi connectivity index (χ2v) is 10.7. The van der Waals surface area contributed by atoms with Gasteiger partial charge in [-0.25, -0.2) is 13.2 Å². The number of hydrogen-bond donors (Lipinski definition) is 0. The van der Waals surface area contributed by atoms with Crippen LogP contribution in [0.4, 0.5) is 0 Å². The van der Waals surface area contributed by atoms with Crippen LogP contribution >= 0.6 is 0 Å². The number of carbonyl (C=O) groups is 2. The number of nitrogens with zero attached hydrogens (tertiary/aromatic N) is 1. The summed E-state index contributed by atoms with van der Waals surface area (Å²) in [5.74, 6) is -0.932. The fraction of sp³-hybridized carbons (Fsp3) is 0.440. The number of sulfone groups is 1. The molecule has 0 saturated carbocycles. The topological polar surface area (TPSA) is 82.4 Å². The van der Waals surface area contributed by atoms with Crippen LogP contribution in [-0.2, 0) is 26.9 Å². The lowest BCUT2D eigenvalue weighted by Gasteiger charge is -2.15. The highest BCUT2D eigenvalue weighted by Gasteiger charge is 2.18. The Labute approximate surface area is 190 Å². The van der Waals surface area contributed by atoms with E-state index in [1.807, 2.05) is 19.9 Å². The Bertz CT molecular complexity index is 1120. The zero-order chi connectivity index (χ0) is 23.3. The lowest BCUT2D eigenvalue weighted by atomic mass is 9.97. The molecule has 0 fully saturated rings. The molecule has 0 bridgehead atoms. The Morgan fingerprint density at radius 3 is 2.44 bits per heavy atom. The molecule has 0 aliphatic heterocycles. The van der Waals surface area contributed by atoms with Crippen molar-refractivity contribution in [2.24, 2.45) is 0 Å². The smallest absolute Gasteiger partial charge is 0.338 e. The van der Waals surface area contributed by atoms with Crippen LogP contribution in [0.5, 0.6) is 0 Å². The van der Waals surface area contributed by atoms with Crippen molar-refractivity contribution in [3.63, 3.8) is 0 Å². The molecule has 0 saturated heterocycles. The van der Waals surface area contributed by atoms with Crippen LogP contribution in [-0.4, -0.2) is 37.6 Å². The minimum Gasteiger partial charge on any atom is -0.454 e. The number of carbonyl (C=O) groups excluding carboxylic acids is 2. The SMILES string of the molecule is Cc1cc(C(=O)COC(=O)c2ccc(CS(C)(=O)=O)cc2)c(C)n1CCC1=CCCCC1. The summed E-state index contributed by atoms with van der Waals surface area (Å²) in [4.78, 5) is 25.0. The number of aryl methyl sites for hydroxylation is 1. The van der Waals surface area contributed by atoms with Crippen molar-refractivity contribution in [3.8, 4) is 0 Å². The molecular formula is C25H31NO5S. The van der Waals surface area contributed by atoms with E-state index in [1.165, 1.54) is 30.5 Å². The highest BCUT2D eigenvalue weighted by Crippen LogP contribution is 2.23. The van der Waals surface area contributed by atoms with Crippen LogP contribution < -0.4 is 0 Å². The summed E-state index contributed by atoms with van der Waals surface area (Å²) in [5.41, 5.74) is 4.86. The first-order chi connectivity index (χ1) is 15.1. The normalized spacial score (nSPS) is 14.2. The quantitative estimate of drug-likeness (QED) is 0.313. The first-order valence-corrected chi connectivity index (χ1v) is 13.0. The maximum atomic E-state index is 12.7. The fourth-order valence-electron chi connectivity index (χ4n) is 4.15. The van der Waals surface area contributed by atoms with E-state index in [9.17, 15) is 18.0 Å². The largest absolute Gasteiger partial charge is 0.454 e. The molecular weight excluding hydrogens is 426 g/mol. The fourth-order valence-corrected chi connectivity index (χ4v) is 4.94. The third kappa shape index (κ3) is 6.42. The van der Waals surface area contributed by atoms with Gasteiger partial charge in [0.15, 0.2) is 16.4 Å². The van der Waals surface area contributed by atoms with E-state index in [4.69, 9.17) is 4.74 Å². The Kier molecular flexibility index (Phi) is 7.72. The number of rotatable bonds is 9. The van der Waals surface area contributed by atoms with E-state index in [0.29, 0.717) is 11.1 Å². The molecule has 3 rings (SSSR count). The molecule has 0 unspecified atom stereocenters. The number of ketones is 1. The van der Waals surface area contributed by atoms with Crippen LogP contribution in [0.3, 0.4) is 0 Å². The highest BCUT2D eigenvalue weighted by atomic mass is 32.2. The molecule has 1 aromatic carbocycles. The first-order valence-electron chi connectivity index (χ1n) is 11.0. The molecule has 172 valence electrons. The van der Waals surface area contributed by atoms with Gasteiger partial charge in [0.05, 0.1) is 11.3 Å². The Hall–Kier alpha value is -2.67. The van der Waals surface area contributed by atoms with Gasteiger partial charge in [0.2, 0.25) is 5.78 Å². The van der Waals surface area contributed by atoms with Crippen LogP contribution in [0.1, 0.15) is 69.8 Å². The minimum atomic E-state index is -3.14. The summed E-state index contributed by atoms with van der Waals surface area (Å²) < 4.78 is 30.1. The average molecular weight is 458 g/mol. The van der Waals surface area contributed by atoms with E-state index >= 15 is 0 Å². The monoisotopic (exact) mass is 457 g/mol. The third-order valence-corrected chi connectivity index (χ3v) is 6.73. The average Bonchev–Trinajstić information content (AvgIpc) is 3.04. The number of aromatic nitrogens is 1. The van der Waals surface area contributed by atoms with Crippen molar-refractivity contribution in [3.05, 3.63) is 70.1 Å². The van der Waals surface area contributed by atoms with Gasteiger partial charge in [0.25, 0.3) is 0 Å². The van der Waals surface area contributed by atoms with E-state index in [2.05, 4.69) is 10.6 Å². The minimum absolute atomic E-state index is 0.0896. The van der Waals surface area contributed by atoms with Gasteiger partial charge < -0.3 is 9.30 Å². The standard InChI is InChI=1S/C25H31NO5S/c1-18-15-23(19(2)26(18)14-13-20-7-5-4-6-8-20)24(27)16-31-25(28)22-11-9-21(10-12-22)17-32(3,29)30/h7,9-12,15H,4-6,8,13-14,16-17H2,1-3H3. The molecule has 7 heteroatoms. The summed E-state index contributed by atoms with van der Waals surface area (Å²) in [7, 11) is -3.14. The molecule has 1 aromatic heterocycles. The van der Waals surface area contributed by atoms with Crippen molar-refractivity contribution in [1.82, 2.24) is 4.57 Å². The Balaban J connectivity index is 1.58. The van der Waals surface area contributed by atoms with Crippen LogP contribution in [0.15, 0.2) is 42.0 Å². The predicted molar refractivity (Wildman–Crippen MR) is 125 cm³/mol. The molecule has 0 amide bonds. The van der Waals surface area contributed by atoms with Crippen molar-refractivity contribution >= 4 is 21.6 Å². The second-order valence-electron chi connectivity index (χ2n) is 8.56. The van der Waals surface area contributed by atoms with E-state index in [0.717, 1.165) is 43.5 Å². The number of hydrogen-bond acceptors (Lipinski definition) is 5. The van der Waals surface area contributed by atoms with Crippen LogP contribution in [0.2, 0.25) is 0 Å². The zero-order valence-electron chi connectivity index (χ0n) is 19.0. The van der Waals surface area contributed by atoms with Gasteiger partial charge in [-0.15, -0.1) is 0 Å². The highest BCUT2D eigenvalue weighted by molar-refractivity contribution is 7.89. The molecule has 0 radical (unpaired) electrons. The molecule has 0 N–H and O–H groups in total. The molecule has 1 heterocycles. The van der Waals surface area contributed by atoms with E-state index in [1.54, 1.807) is 12.1 Å². The molecule has 0 atom stereocenters. The molecule has 1 aliphatic rings. The van der Waals surface area contributed by atoms with Crippen LogP contribution in [0, 0.1) is 13.8 Å². The van der Waals surface area contributed by atoms with Gasteiger partial charge in [-0.2, -0.15) is 0 Å². The van der Waals surface area contributed by atoms with Gasteiger partial charge >= 0.3 is 5.97 Å². The van der Waals surface area contributed by atoms with E-state index < -0.39 is 15.8 Å². The summed E-state index contributed by atoms with van der Waals surface area (Å²) in [6.07, 6.45) is 9.35. The number of Topliss-reactive ketones (excluding diaryl/α,β-unsaturated/α-hetero) is 1. The van der Waals surface area contributed by atoms with Crippen molar-refractivity contribution in [2.75, 3.05) is 12.9 Å². The second kappa shape index (κ2) is 10.3. The molecule has 1 aliphatic carbocycles. The molecule has 0 spiro atoms. The van der Waals surface area contributed by atoms with Gasteiger partial charge in [-0.1, -0.05) is 23.8 Å². The lowest BCUT2D eigenvalue weighted by Crippen LogP contribution is -2.15. The van der Waals surface area contributed by atoms with Crippen LogP contribution in [0.25, 0.3) is 0 Å². The maximum absolute atomic E-state index is 12.7. The summed E-state index contributed by atoms with van der Waals surface area (Å²) >= 11 is 0. The molecule has 32 heavy (non-hydrogen) atoms. The van der Waals surface area contributed by atoms with Crippen molar-refractivity contribution in [1.29, 1.82) is 0 Å². The number of esters is 1. The summed E-state index contributed by atoms with van der Waals surface area (Å²) in [5, 5.41) is 0. The summed E-state index contributed by atoms with van der Waals surface area (Å²) in [6, 6.07) is 8.04. The Morgan fingerprint density at radius 2 is 1.81 bits per heavy atom. The van der Waals surface area contributed by atoms with Gasteiger partial charge in [-0.3, -0.25) is 4.79 Å². The predicted octanol–water partition coefficient (Wildman–Crippen LogP) is 4.58. The summed E-state index contributed by atoms with van der Waals surface area (Å²) in [6.45, 7) is 4.43. The third-order valence-electron chi connectivity index (χ3n) is 5.87. The lowest BCUT2D eigenvalue weighted by molar-refractivity contribution is 0.0474. The van der Waals surface area contributed by atoms with Crippen molar-refractivity contribution < 1.29 is 22.7 Å². The van der Waals surface area contributed by atoms with Crippen molar-refractivity contribution in [2.45, 2.75) is 58.2 Å². The molecule has 2 aromatic rings. The van der Waals surface area contributed by atoms with Gasteiger partial charge in [0, 0.05) is 29.8 Å². The van der Waals surface area contributed by atoms with Gasteiger partial charge in [-0.05, 0) is 69.7 Å². The number of benzene rings is 1. The van der Waals surface area contributed by atoms with Gasteiger partial charge in [0.1, 0.15) is 0 Å². The first kappa shape index (κ1) is 24.0. The molecule has 6 nitrogen and oxygen atoms in total.